The summed E-state index contributed by atoms with van der Waals surface area (Å²) in [6, 6.07) is 10.3. The van der Waals surface area contributed by atoms with E-state index in [1.807, 2.05) is 31.3 Å². The van der Waals surface area contributed by atoms with Gasteiger partial charge < -0.3 is 10.1 Å². The van der Waals surface area contributed by atoms with Gasteiger partial charge in [0.2, 0.25) is 0 Å². The van der Waals surface area contributed by atoms with Crippen molar-refractivity contribution in [2.45, 2.75) is 26.3 Å². The molecule has 4 nitrogen and oxygen atoms in total. The standard InChI is InChI=1S/C16H21N3O/c1-4-17-16(15-8-9-18-12(2)19-15)11-13-6-5-7-14(10-13)20-3/h5-10,16-17H,4,11H2,1-3H3. The Morgan fingerprint density at radius 3 is 2.85 bits per heavy atom. The topological polar surface area (TPSA) is 47.0 Å². The molecule has 0 bridgehead atoms. The van der Waals surface area contributed by atoms with Crippen molar-refractivity contribution in [3.05, 3.63) is 53.6 Å². The van der Waals surface area contributed by atoms with Gasteiger partial charge >= 0.3 is 0 Å². The molecule has 0 amide bonds. The lowest BCUT2D eigenvalue weighted by atomic mass is 10.0. The lowest BCUT2D eigenvalue weighted by Gasteiger charge is -2.18. The first kappa shape index (κ1) is 14.5. The minimum Gasteiger partial charge on any atom is -0.497 e. The SMILES string of the molecule is CCNC(Cc1cccc(OC)c1)c1ccnc(C)n1. The largest absolute Gasteiger partial charge is 0.497 e. The molecule has 106 valence electrons. The maximum absolute atomic E-state index is 5.28. The van der Waals surface area contributed by atoms with E-state index < -0.39 is 0 Å². The number of nitrogens with one attached hydrogen (secondary N) is 1. The van der Waals surface area contributed by atoms with Crippen molar-refractivity contribution in [3.8, 4) is 5.75 Å². The molecule has 1 atom stereocenters. The molecule has 0 aliphatic heterocycles. The third kappa shape index (κ3) is 3.78. The summed E-state index contributed by atoms with van der Waals surface area (Å²) < 4.78 is 5.28. The van der Waals surface area contributed by atoms with Crippen LogP contribution < -0.4 is 10.1 Å². The fourth-order valence-corrected chi connectivity index (χ4v) is 2.23. The molecule has 0 radical (unpaired) electrons. The summed E-state index contributed by atoms with van der Waals surface area (Å²) in [5.41, 5.74) is 2.26. The highest BCUT2D eigenvalue weighted by Crippen LogP contribution is 2.20. The van der Waals surface area contributed by atoms with E-state index in [9.17, 15) is 0 Å². The Morgan fingerprint density at radius 1 is 1.30 bits per heavy atom. The van der Waals surface area contributed by atoms with E-state index in [1.165, 1.54) is 5.56 Å². The van der Waals surface area contributed by atoms with Crippen LogP contribution in [0.4, 0.5) is 0 Å². The third-order valence-electron chi connectivity index (χ3n) is 3.18. The van der Waals surface area contributed by atoms with Crippen LogP contribution in [0.3, 0.4) is 0 Å². The van der Waals surface area contributed by atoms with E-state index in [0.717, 1.165) is 30.2 Å². The molecule has 0 aliphatic rings. The van der Waals surface area contributed by atoms with Crippen LogP contribution in [0.5, 0.6) is 5.75 Å². The molecule has 0 fully saturated rings. The van der Waals surface area contributed by atoms with Crippen LogP contribution in [0.1, 0.15) is 30.0 Å². The first-order valence-corrected chi connectivity index (χ1v) is 6.88. The number of benzene rings is 1. The zero-order valence-electron chi connectivity index (χ0n) is 12.3. The van der Waals surface area contributed by atoms with E-state index in [2.05, 4.69) is 34.3 Å². The fraction of sp³-hybridized carbons (Fsp3) is 0.375. The first-order chi connectivity index (χ1) is 9.72. The average Bonchev–Trinajstić information content (AvgIpc) is 2.47. The number of hydrogen-bond acceptors (Lipinski definition) is 4. The summed E-state index contributed by atoms with van der Waals surface area (Å²) in [6.45, 7) is 4.92. The van der Waals surface area contributed by atoms with Gasteiger partial charge in [0, 0.05) is 6.20 Å². The molecular formula is C16H21N3O. The van der Waals surface area contributed by atoms with Gasteiger partial charge in [-0.3, -0.25) is 0 Å². The van der Waals surface area contributed by atoms with Crippen molar-refractivity contribution >= 4 is 0 Å². The Kier molecular flexibility index (Phi) is 5.07. The first-order valence-electron chi connectivity index (χ1n) is 6.88. The number of aromatic nitrogens is 2. The Labute approximate surface area is 120 Å². The monoisotopic (exact) mass is 271 g/mol. The number of methoxy groups -OCH3 is 1. The van der Waals surface area contributed by atoms with Crippen molar-refractivity contribution < 1.29 is 4.74 Å². The lowest BCUT2D eigenvalue weighted by Crippen LogP contribution is -2.24. The molecule has 1 aromatic heterocycles. The number of likely N-dealkylation sites (N-methyl/N-ethyl adjacent to an activating group) is 1. The van der Waals surface area contributed by atoms with E-state index in [1.54, 1.807) is 7.11 Å². The predicted octanol–water partition coefficient (Wildman–Crippen LogP) is 2.69. The quantitative estimate of drug-likeness (QED) is 0.877. The fourth-order valence-electron chi connectivity index (χ4n) is 2.23. The number of nitrogens with zero attached hydrogens (tertiary/aromatic N) is 2. The maximum atomic E-state index is 5.28. The lowest BCUT2D eigenvalue weighted by molar-refractivity contribution is 0.413. The highest BCUT2D eigenvalue weighted by molar-refractivity contribution is 5.29. The normalized spacial score (nSPS) is 12.2. The molecule has 2 aromatic rings. The molecule has 1 heterocycles. The van der Waals surface area contributed by atoms with Gasteiger partial charge in [0.15, 0.2) is 0 Å². The third-order valence-corrected chi connectivity index (χ3v) is 3.18. The second kappa shape index (κ2) is 7.01. The highest BCUT2D eigenvalue weighted by atomic mass is 16.5. The predicted molar refractivity (Wildman–Crippen MR) is 79.9 cm³/mol. The molecule has 2 rings (SSSR count). The van der Waals surface area contributed by atoms with E-state index >= 15 is 0 Å². The van der Waals surface area contributed by atoms with Gasteiger partial charge in [-0.05, 0) is 43.7 Å². The Balaban J connectivity index is 2.20. The highest BCUT2D eigenvalue weighted by Gasteiger charge is 2.13. The summed E-state index contributed by atoms with van der Waals surface area (Å²) in [4.78, 5) is 8.68. The second-order valence-electron chi connectivity index (χ2n) is 4.69. The number of ether oxygens (including phenoxy) is 1. The molecule has 20 heavy (non-hydrogen) atoms. The summed E-state index contributed by atoms with van der Waals surface area (Å²) in [5, 5.41) is 3.48. The van der Waals surface area contributed by atoms with Crippen LogP contribution in [0.15, 0.2) is 36.5 Å². The smallest absolute Gasteiger partial charge is 0.125 e. The summed E-state index contributed by atoms with van der Waals surface area (Å²) >= 11 is 0. The van der Waals surface area contributed by atoms with Crippen molar-refractivity contribution in [1.82, 2.24) is 15.3 Å². The van der Waals surface area contributed by atoms with Gasteiger partial charge in [-0.1, -0.05) is 19.1 Å². The zero-order valence-corrected chi connectivity index (χ0v) is 12.3. The number of aryl methyl sites for hydroxylation is 1. The van der Waals surface area contributed by atoms with Crippen LogP contribution >= 0.6 is 0 Å². The Bertz CT molecular complexity index is 557. The van der Waals surface area contributed by atoms with E-state index in [4.69, 9.17) is 4.74 Å². The minimum atomic E-state index is 0.189. The van der Waals surface area contributed by atoms with Gasteiger partial charge in [-0.25, -0.2) is 9.97 Å². The molecule has 1 N–H and O–H groups in total. The number of hydrogen-bond donors (Lipinski definition) is 1. The van der Waals surface area contributed by atoms with Gasteiger partial charge in [-0.2, -0.15) is 0 Å². The summed E-state index contributed by atoms with van der Waals surface area (Å²) in [7, 11) is 1.69. The molecule has 1 unspecified atom stereocenters. The van der Waals surface area contributed by atoms with Crippen LogP contribution in [0, 0.1) is 6.92 Å². The van der Waals surface area contributed by atoms with Crippen LogP contribution in [0.2, 0.25) is 0 Å². The van der Waals surface area contributed by atoms with Crippen LogP contribution in [-0.4, -0.2) is 23.6 Å². The molecule has 0 aliphatic carbocycles. The van der Waals surface area contributed by atoms with Crippen molar-refractivity contribution in [2.75, 3.05) is 13.7 Å². The molecular weight excluding hydrogens is 250 g/mol. The van der Waals surface area contributed by atoms with Crippen molar-refractivity contribution in [2.24, 2.45) is 0 Å². The van der Waals surface area contributed by atoms with Gasteiger partial charge in [-0.15, -0.1) is 0 Å². The maximum Gasteiger partial charge on any atom is 0.125 e. The molecule has 4 heteroatoms. The molecule has 0 saturated carbocycles. The van der Waals surface area contributed by atoms with E-state index in [0.29, 0.717) is 0 Å². The Morgan fingerprint density at radius 2 is 2.15 bits per heavy atom. The molecule has 1 aromatic carbocycles. The second-order valence-corrected chi connectivity index (χ2v) is 4.69. The zero-order chi connectivity index (χ0) is 14.4. The van der Waals surface area contributed by atoms with Gasteiger partial charge in [0.1, 0.15) is 11.6 Å². The summed E-state index contributed by atoms with van der Waals surface area (Å²) in [6.07, 6.45) is 2.69. The van der Waals surface area contributed by atoms with Gasteiger partial charge in [0.25, 0.3) is 0 Å². The number of rotatable bonds is 6. The van der Waals surface area contributed by atoms with Crippen LogP contribution in [0.25, 0.3) is 0 Å². The summed E-state index contributed by atoms with van der Waals surface area (Å²) in [5.74, 6) is 1.69. The average molecular weight is 271 g/mol. The Hall–Kier alpha value is -1.94. The van der Waals surface area contributed by atoms with Crippen LogP contribution in [-0.2, 0) is 6.42 Å². The van der Waals surface area contributed by atoms with Crippen molar-refractivity contribution in [1.29, 1.82) is 0 Å². The minimum absolute atomic E-state index is 0.189. The molecule has 0 spiro atoms. The molecule has 0 saturated heterocycles. The van der Waals surface area contributed by atoms with Crippen molar-refractivity contribution in [3.63, 3.8) is 0 Å². The van der Waals surface area contributed by atoms with Gasteiger partial charge in [0.05, 0.1) is 18.8 Å². The van der Waals surface area contributed by atoms with E-state index in [-0.39, 0.29) is 6.04 Å².